The lowest BCUT2D eigenvalue weighted by molar-refractivity contribution is -0.274. The van der Waals surface area contributed by atoms with Gasteiger partial charge in [-0.05, 0) is 60.7 Å². The van der Waals surface area contributed by atoms with Gasteiger partial charge in [0, 0.05) is 11.3 Å². The SMILES string of the molecule is N#C/C(C(=O)Nc1ccc(C(N)=NC=Nc2ccc(OC(F)(F)F)cc2)cc1)=C(/S)Nc1c(F)cccc1F. The number of alkyl halides is 3. The van der Waals surface area contributed by atoms with Crippen molar-refractivity contribution in [3.63, 3.8) is 0 Å². The van der Waals surface area contributed by atoms with Crippen molar-refractivity contribution < 1.29 is 31.5 Å². The molecule has 200 valence electrons. The van der Waals surface area contributed by atoms with Crippen LogP contribution in [0.5, 0.6) is 5.75 Å². The highest BCUT2D eigenvalue weighted by Crippen LogP contribution is 2.25. The molecule has 0 heterocycles. The number of aliphatic imine (C=N–C) groups is 2. The molecule has 3 aromatic carbocycles. The Hall–Kier alpha value is -4.90. The Kier molecular flexibility index (Phi) is 9.24. The number of rotatable bonds is 8. The Morgan fingerprint density at radius 1 is 1.00 bits per heavy atom. The summed E-state index contributed by atoms with van der Waals surface area (Å²) < 4.78 is 68.1. The van der Waals surface area contributed by atoms with Gasteiger partial charge in [-0.3, -0.25) is 4.79 Å². The van der Waals surface area contributed by atoms with Gasteiger partial charge in [0.25, 0.3) is 5.91 Å². The molecule has 0 radical (unpaired) electrons. The summed E-state index contributed by atoms with van der Waals surface area (Å²) in [5.74, 6) is -3.12. The molecule has 4 N–H and O–H groups in total. The Balaban J connectivity index is 1.64. The third-order valence-electron chi connectivity index (χ3n) is 4.69. The lowest BCUT2D eigenvalue weighted by Gasteiger charge is -2.11. The molecular weight excluding hydrogens is 543 g/mol. The van der Waals surface area contributed by atoms with E-state index < -0.39 is 40.9 Å². The van der Waals surface area contributed by atoms with Gasteiger partial charge in [-0.1, -0.05) is 6.07 Å². The predicted octanol–water partition coefficient (Wildman–Crippen LogP) is 5.64. The zero-order chi connectivity index (χ0) is 28.6. The van der Waals surface area contributed by atoms with Gasteiger partial charge in [-0.15, -0.1) is 25.8 Å². The molecule has 39 heavy (non-hydrogen) atoms. The molecule has 0 spiro atoms. The van der Waals surface area contributed by atoms with E-state index >= 15 is 0 Å². The number of benzene rings is 3. The van der Waals surface area contributed by atoms with Gasteiger partial charge in [0.2, 0.25) is 0 Å². The molecule has 8 nitrogen and oxygen atoms in total. The molecule has 0 unspecified atom stereocenters. The highest BCUT2D eigenvalue weighted by molar-refractivity contribution is 7.84. The van der Waals surface area contributed by atoms with E-state index in [1.165, 1.54) is 36.4 Å². The van der Waals surface area contributed by atoms with Crippen LogP contribution in [-0.2, 0) is 4.79 Å². The quantitative estimate of drug-likeness (QED) is 0.0709. The van der Waals surface area contributed by atoms with Crippen molar-refractivity contribution in [3.05, 3.63) is 94.5 Å². The number of nitrogens with zero attached hydrogens (tertiary/aromatic N) is 3. The number of thiol groups is 1. The van der Waals surface area contributed by atoms with Crippen LogP contribution in [-0.4, -0.2) is 24.4 Å². The first-order chi connectivity index (χ1) is 18.5. The number of amidine groups is 1. The van der Waals surface area contributed by atoms with Crippen LogP contribution in [0, 0.1) is 23.0 Å². The van der Waals surface area contributed by atoms with Gasteiger partial charge < -0.3 is 21.1 Å². The van der Waals surface area contributed by atoms with Gasteiger partial charge in [0.15, 0.2) is 0 Å². The summed E-state index contributed by atoms with van der Waals surface area (Å²) in [4.78, 5) is 20.5. The van der Waals surface area contributed by atoms with Crippen LogP contribution < -0.4 is 21.1 Å². The van der Waals surface area contributed by atoms with E-state index in [4.69, 9.17) is 5.73 Å². The molecule has 14 heteroatoms. The molecule has 0 bridgehead atoms. The number of ether oxygens (including phenoxy) is 1. The predicted molar refractivity (Wildman–Crippen MR) is 139 cm³/mol. The molecule has 0 atom stereocenters. The molecule has 3 rings (SSSR count). The topological polar surface area (TPSA) is 125 Å². The smallest absolute Gasteiger partial charge is 0.406 e. The van der Waals surface area contributed by atoms with E-state index in [0.717, 1.165) is 36.7 Å². The molecule has 0 aliphatic heterocycles. The number of hydrogen-bond acceptors (Lipinski definition) is 6. The summed E-state index contributed by atoms with van der Waals surface area (Å²) in [6, 6.07) is 15.5. The summed E-state index contributed by atoms with van der Waals surface area (Å²) in [5, 5.41) is 13.7. The van der Waals surface area contributed by atoms with E-state index in [2.05, 4.69) is 38.0 Å². The van der Waals surface area contributed by atoms with Crippen molar-refractivity contribution in [2.75, 3.05) is 10.6 Å². The first kappa shape index (κ1) is 28.7. The average Bonchev–Trinajstić information content (AvgIpc) is 2.87. The van der Waals surface area contributed by atoms with Crippen molar-refractivity contribution in [2.24, 2.45) is 15.7 Å². The molecule has 1 amide bonds. The lowest BCUT2D eigenvalue weighted by Crippen LogP contribution is -2.17. The van der Waals surface area contributed by atoms with Crippen molar-refractivity contribution in [3.8, 4) is 11.8 Å². The molecule has 3 aromatic rings. The van der Waals surface area contributed by atoms with E-state index in [1.54, 1.807) is 6.07 Å². The standard InChI is InChI=1S/C25H17F5N6O2S/c26-19-2-1-3-20(27)21(19)36-24(39)18(12-31)23(37)35-16-6-4-14(5-7-16)22(32)34-13-33-15-8-10-17(11-9-15)38-25(28,29)30/h1-11,13,36,39H,(H,35,37)(H2,32,33,34)/b24-18-. The van der Waals surface area contributed by atoms with E-state index in [1.807, 2.05) is 0 Å². The number of nitrogens with one attached hydrogen (secondary N) is 2. The maximum atomic E-state index is 13.8. The van der Waals surface area contributed by atoms with Crippen LogP contribution in [0.25, 0.3) is 0 Å². The fourth-order valence-electron chi connectivity index (χ4n) is 2.89. The minimum absolute atomic E-state index is 0.0417. The average molecular weight is 561 g/mol. The second-order valence-corrected chi connectivity index (χ2v) is 7.84. The highest BCUT2D eigenvalue weighted by atomic mass is 32.1. The number of halogens is 5. The van der Waals surface area contributed by atoms with Gasteiger partial charge >= 0.3 is 6.36 Å². The second-order valence-electron chi connectivity index (χ2n) is 7.39. The number of hydrogen-bond donors (Lipinski definition) is 4. The molecule has 0 aliphatic rings. The fourth-order valence-corrected chi connectivity index (χ4v) is 3.16. The van der Waals surface area contributed by atoms with Gasteiger partial charge in [0.1, 0.15) is 46.9 Å². The Morgan fingerprint density at radius 2 is 1.62 bits per heavy atom. The van der Waals surface area contributed by atoms with Gasteiger partial charge in [-0.25, -0.2) is 18.8 Å². The van der Waals surface area contributed by atoms with E-state index in [0.29, 0.717) is 11.3 Å². The van der Waals surface area contributed by atoms with Crippen LogP contribution in [0.1, 0.15) is 5.56 Å². The first-order valence-electron chi connectivity index (χ1n) is 10.6. The minimum atomic E-state index is -4.80. The summed E-state index contributed by atoms with van der Waals surface area (Å²) in [6.45, 7) is 0. The number of anilines is 2. The van der Waals surface area contributed by atoms with Crippen LogP contribution in [0.2, 0.25) is 0 Å². The monoisotopic (exact) mass is 560 g/mol. The Bertz CT molecular complexity index is 1460. The van der Waals surface area contributed by atoms with Crippen LogP contribution in [0.4, 0.5) is 39.0 Å². The first-order valence-corrected chi connectivity index (χ1v) is 11.1. The number of para-hydroxylation sites is 1. The van der Waals surface area contributed by atoms with E-state index in [-0.39, 0.29) is 16.6 Å². The van der Waals surface area contributed by atoms with Gasteiger partial charge in [-0.2, -0.15) is 5.26 Å². The maximum Gasteiger partial charge on any atom is 0.573 e. The van der Waals surface area contributed by atoms with Gasteiger partial charge in [0.05, 0.1) is 10.7 Å². The van der Waals surface area contributed by atoms with Crippen LogP contribution in [0.15, 0.2) is 87.3 Å². The zero-order valence-corrected chi connectivity index (χ0v) is 20.4. The molecule has 0 fully saturated rings. The number of nitriles is 1. The summed E-state index contributed by atoms with van der Waals surface area (Å²) >= 11 is 4.00. The molecular formula is C25H17F5N6O2S. The summed E-state index contributed by atoms with van der Waals surface area (Å²) in [5.41, 5.74) is 5.81. The molecule has 0 aromatic heterocycles. The van der Waals surface area contributed by atoms with Crippen molar-refractivity contribution in [2.45, 2.75) is 6.36 Å². The second kappa shape index (κ2) is 12.6. The third-order valence-corrected chi connectivity index (χ3v) is 5.03. The minimum Gasteiger partial charge on any atom is -0.406 e. The van der Waals surface area contributed by atoms with Crippen LogP contribution >= 0.6 is 12.6 Å². The Morgan fingerprint density at radius 3 is 2.18 bits per heavy atom. The highest BCUT2D eigenvalue weighted by Gasteiger charge is 2.30. The van der Waals surface area contributed by atoms with Crippen molar-refractivity contribution in [1.29, 1.82) is 5.26 Å². The maximum absolute atomic E-state index is 13.8. The molecule has 0 saturated heterocycles. The number of carbonyl (C=O) groups excluding carboxylic acids is 1. The lowest BCUT2D eigenvalue weighted by atomic mass is 10.2. The normalized spacial score (nSPS) is 12.5. The number of nitrogens with two attached hydrogens (primary N) is 1. The molecule has 0 aliphatic carbocycles. The fraction of sp³-hybridized carbons (Fsp3) is 0.0400. The number of amides is 1. The zero-order valence-electron chi connectivity index (χ0n) is 19.5. The van der Waals surface area contributed by atoms with Crippen molar-refractivity contribution >= 4 is 47.8 Å². The van der Waals surface area contributed by atoms with E-state index in [9.17, 15) is 32.0 Å². The van der Waals surface area contributed by atoms with Crippen molar-refractivity contribution in [1.82, 2.24) is 0 Å². The largest absolute Gasteiger partial charge is 0.573 e. The number of carbonyl (C=O) groups is 1. The Labute approximate surface area is 223 Å². The third kappa shape index (κ3) is 8.30. The summed E-state index contributed by atoms with van der Waals surface area (Å²) in [7, 11) is 0. The molecule has 0 saturated carbocycles. The van der Waals surface area contributed by atoms with Crippen LogP contribution in [0.3, 0.4) is 0 Å². The summed E-state index contributed by atoms with van der Waals surface area (Å²) in [6.07, 6.45) is -3.69.